The van der Waals surface area contributed by atoms with Crippen LogP contribution in [-0.4, -0.2) is 10.9 Å². The predicted molar refractivity (Wildman–Crippen MR) is 93.1 cm³/mol. The molecule has 0 aliphatic rings. The molecule has 1 aromatic heterocycles. The third kappa shape index (κ3) is 3.77. The lowest BCUT2D eigenvalue weighted by molar-refractivity contribution is -0.137. The van der Waals surface area contributed by atoms with Crippen molar-refractivity contribution in [2.75, 3.05) is 5.32 Å². The number of rotatable bonds is 3. The Balaban J connectivity index is 1.82. The van der Waals surface area contributed by atoms with E-state index in [2.05, 4.69) is 10.3 Å². The predicted octanol–water partition coefficient (Wildman–Crippen LogP) is 4.04. The van der Waals surface area contributed by atoms with Crippen LogP contribution in [0, 0.1) is 6.92 Å². The molecule has 0 spiro atoms. The first-order valence-electron chi connectivity index (χ1n) is 7.83. The Hall–Kier alpha value is -3.09. The summed E-state index contributed by atoms with van der Waals surface area (Å²) in [5.74, 6) is -0.554. The number of fused-ring (bicyclic) bond motifs is 1. The van der Waals surface area contributed by atoms with Crippen LogP contribution in [0.1, 0.15) is 16.7 Å². The minimum absolute atomic E-state index is 0.0830. The van der Waals surface area contributed by atoms with Gasteiger partial charge in [-0.15, -0.1) is 0 Å². The lowest BCUT2D eigenvalue weighted by atomic mass is 10.1. The molecule has 0 saturated carbocycles. The van der Waals surface area contributed by atoms with Gasteiger partial charge in [-0.05, 0) is 48.2 Å². The number of carbonyl (C=O) groups excluding carboxylic acids is 1. The molecule has 0 fully saturated rings. The molecular formula is C19H15F3N2O2. The van der Waals surface area contributed by atoms with Gasteiger partial charge in [-0.1, -0.05) is 18.2 Å². The van der Waals surface area contributed by atoms with Crippen LogP contribution in [0.25, 0.3) is 10.9 Å². The number of alkyl halides is 3. The average Bonchev–Trinajstić information content (AvgIpc) is 2.55. The van der Waals surface area contributed by atoms with E-state index in [-0.39, 0.29) is 17.7 Å². The van der Waals surface area contributed by atoms with E-state index in [4.69, 9.17) is 0 Å². The zero-order chi connectivity index (χ0) is 18.9. The van der Waals surface area contributed by atoms with Gasteiger partial charge in [0.1, 0.15) is 0 Å². The van der Waals surface area contributed by atoms with E-state index >= 15 is 0 Å². The fraction of sp³-hybridized carbons (Fsp3) is 0.158. The Labute approximate surface area is 146 Å². The minimum Gasteiger partial charge on any atom is -0.325 e. The largest absolute Gasteiger partial charge is 0.418 e. The zero-order valence-electron chi connectivity index (χ0n) is 13.8. The summed E-state index contributed by atoms with van der Waals surface area (Å²) in [7, 11) is 0. The van der Waals surface area contributed by atoms with E-state index in [1.165, 1.54) is 18.2 Å². The summed E-state index contributed by atoms with van der Waals surface area (Å²) in [5, 5.41) is 3.07. The van der Waals surface area contributed by atoms with Crippen molar-refractivity contribution in [2.45, 2.75) is 19.5 Å². The number of aromatic amines is 1. The summed E-state index contributed by atoms with van der Waals surface area (Å²) in [6, 6.07) is 11.6. The van der Waals surface area contributed by atoms with Crippen LogP contribution < -0.4 is 10.9 Å². The van der Waals surface area contributed by atoms with Gasteiger partial charge in [-0.25, -0.2) is 0 Å². The van der Waals surface area contributed by atoms with Crippen LogP contribution in [-0.2, 0) is 17.4 Å². The maximum atomic E-state index is 13.0. The van der Waals surface area contributed by atoms with Crippen molar-refractivity contribution in [3.8, 4) is 0 Å². The molecule has 2 aromatic carbocycles. The first kappa shape index (κ1) is 17.7. The second-order valence-corrected chi connectivity index (χ2v) is 5.97. The first-order chi connectivity index (χ1) is 12.2. The monoisotopic (exact) mass is 360 g/mol. The van der Waals surface area contributed by atoms with Gasteiger partial charge in [-0.3, -0.25) is 9.59 Å². The average molecular weight is 360 g/mol. The standard InChI is InChI=1S/C19H15F3N2O2/c1-11-8-13-9-12(6-7-15(13)24-18(11)26)10-17(25)23-16-5-3-2-4-14(16)19(20,21)22/h2-9H,10H2,1H3,(H,23,25)(H,24,26). The number of halogens is 3. The molecule has 3 rings (SSSR count). The van der Waals surface area contributed by atoms with Crippen molar-refractivity contribution in [2.24, 2.45) is 0 Å². The molecule has 0 atom stereocenters. The number of pyridine rings is 1. The molecule has 0 unspecified atom stereocenters. The second kappa shape index (κ2) is 6.67. The molecule has 134 valence electrons. The molecule has 0 radical (unpaired) electrons. The smallest absolute Gasteiger partial charge is 0.325 e. The van der Waals surface area contributed by atoms with Gasteiger partial charge in [-0.2, -0.15) is 13.2 Å². The van der Waals surface area contributed by atoms with Gasteiger partial charge in [0.25, 0.3) is 5.56 Å². The lowest BCUT2D eigenvalue weighted by Crippen LogP contribution is -2.18. The molecule has 0 saturated heterocycles. The summed E-state index contributed by atoms with van der Waals surface area (Å²) in [6.07, 6.45) is -4.63. The summed E-state index contributed by atoms with van der Waals surface area (Å²) >= 11 is 0. The molecule has 26 heavy (non-hydrogen) atoms. The Kier molecular flexibility index (Phi) is 4.54. The van der Waals surface area contributed by atoms with E-state index in [0.29, 0.717) is 16.6 Å². The van der Waals surface area contributed by atoms with Crippen molar-refractivity contribution >= 4 is 22.5 Å². The fourth-order valence-electron chi connectivity index (χ4n) is 2.69. The van der Waals surface area contributed by atoms with Gasteiger partial charge < -0.3 is 10.3 Å². The molecule has 7 heteroatoms. The minimum atomic E-state index is -4.55. The third-order valence-corrected chi connectivity index (χ3v) is 3.97. The van der Waals surface area contributed by atoms with E-state index in [9.17, 15) is 22.8 Å². The van der Waals surface area contributed by atoms with Gasteiger partial charge in [0, 0.05) is 11.1 Å². The zero-order valence-corrected chi connectivity index (χ0v) is 13.8. The number of carbonyl (C=O) groups is 1. The second-order valence-electron chi connectivity index (χ2n) is 5.97. The normalized spacial score (nSPS) is 11.5. The van der Waals surface area contributed by atoms with Crippen molar-refractivity contribution in [3.63, 3.8) is 0 Å². The maximum Gasteiger partial charge on any atom is 0.418 e. The highest BCUT2D eigenvalue weighted by Crippen LogP contribution is 2.34. The Morgan fingerprint density at radius 1 is 1.12 bits per heavy atom. The number of hydrogen-bond donors (Lipinski definition) is 2. The molecule has 0 bridgehead atoms. The van der Waals surface area contributed by atoms with Crippen molar-refractivity contribution in [3.05, 3.63) is 75.6 Å². The Bertz CT molecular complexity index is 1040. The molecule has 1 amide bonds. The summed E-state index contributed by atoms with van der Waals surface area (Å²) in [6.45, 7) is 1.67. The highest BCUT2D eigenvalue weighted by atomic mass is 19.4. The highest BCUT2D eigenvalue weighted by Gasteiger charge is 2.33. The maximum absolute atomic E-state index is 13.0. The number of aromatic nitrogens is 1. The number of anilines is 1. The molecular weight excluding hydrogens is 345 g/mol. The summed E-state index contributed by atoms with van der Waals surface area (Å²) < 4.78 is 39.0. The number of amides is 1. The molecule has 2 N–H and O–H groups in total. The van der Waals surface area contributed by atoms with Crippen LogP contribution in [0.4, 0.5) is 18.9 Å². The van der Waals surface area contributed by atoms with Gasteiger partial charge in [0.2, 0.25) is 5.91 Å². The van der Waals surface area contributed by atoms with Gasteiger partial charge in [0.15, 0.2) is 0 Å². The number of hydrogen-bond acceptors (Lipinski definition) is 2. The fourth-order valence-corrected chi connectivity index (χ4v) is 2.69. The Morgan fingerprint density at radius 3 is 2.58 bits per heavy atom. The van der Waals surface area contributed by atoms with Crippen LogP contribution in [0.2, 0.25) is 0 Å². The first-order valence-corrected chi connectivity index (χ1v) is 7.83. The van der Waals surface area contributed by atoms with Crippen LogP contribution >= 0.6 is 0 Å². The van der Waals surface area contributed by atoms with Crippen LogP contribution in [0.3, 0.4) is 0 Å². The van der Waals surface area contributed by atoms with Crippen molar-refractivity contribution < 1.29 is 18.0 Å². The van der Waals surface area contributed by atoms with Gasteiger partial charge in [0.05, 0.1) is 17.7 Å². The highest BCUT2D eigenvalue weighted by molar-refractivity contribution is 5.93. The lowest BCUT2D eigenvalue weighted by Gasteiger charge is -2.13. The SMILES string of the molecule is Cc1cc2cc(CC(=O)Nc3ccccc3C(F)(F)F)ccc2[nH]c1=O. The summed E-state index contributed by atoms with van der Waals surface area (Å²) in [5.41, 5.74) is 0.453. The molecule has 3 aromatic rings. The molecule has 1 heterocycles. The third-order valence-electron chi connectivity index (χ3n) is 3.97. The number of para-hydroxylation sites is 1. The van der Waals surface area contributed by atoms with Crippen LogP contribution in [0.5, 0.6) is 0 Å². The number of benzene rings is 2. The topological polar surface area (TPSA) is 62.0 Å². The number of nitrogens with one attached hydrogen (secondary N) is 2. The van der Waals surface area contributed by atoms with Crippen LogP contribution in [0.15, 0.2) is 53.3 Å². The Morgan fingerprint density at radius 2 is 1.85 bits per heavy atom. The number of aryl methyl sites for hydroxylation is 1. The van der Waals surface area contributed by atoms with Crippen molar-refractivity contribution in [1.29, 1.82) is 0 Å². The summed E-state index contributed by atoms with van der Waals surface area (Å²) in [4.78, 5) is 26.5. The van der Waals surface area contributed by atoms with Crippen molar-refractivity contribution in [1.82, 2.24) is 4.98 Å². The van der Waals surface area contributed by atoms with E-state index in [1.54, 1.807) is 31.2 Å². The number of H-pyrrole nitrogens is 1. The quantitative estimate of drug-likeness (QED) is 0.741. The van der Waals surface area contributed by atoms with Gasteiger partial charge >= 0.3 is 6.18 Å². The van der Waals surface area contributed by atoms with E-state index in [1.807, 2.05) is 0 Å². The van der Waals surface area contributed by atoms with E-state index in [0.717, 1.165) is 11.5 Å². The van der Waals surface area contributed by atoms with E-state index < -0.39 is 17.6 Å². The molecule has 0 aliphatic carbocycles. The molecule has 0 aliphatic heterocycles. The molecule has 4 nitrogen and oxygen atoms in total.